The molecule has 0 bridgehead atoms. The lowest BCUT2D eigenvalue weighted by molar-refractivity contribution is 0.140. The first-order valence-electron chi connectivity index (χ1n) is 10.4. The molecule has 1 heterocycles. The average molecular weight is 579 g/mol. The molecule has 3 N–H and O–H groups in total. The second-order valence-corrected chi connectivity index (χ2v) is 9.19. The number of fused-ring (bicyclic) bond motifs is 1. The third-order valence-corrected chi connectivity index (χ3v) is 6.56. The molecule has 4 rings (SSSR count). The van der Waals surface area contributed by atoms with E-state index in [0.717, 1.165) is 5.56 Å². The van der Waals surface area contributed by atoms with E-state index in [2.05, 4.69) is 21.2 Å². The van der Waals surface area contributed by atoms with Crippen LogP contribution >= 0.6 is 39.1 Å². The van der Waals surface area contributed by atoms with Gasteiger partial charge in [-0.05, 0) is 51.7 Å². The van der Waals surface area contributed by atoms with Gasteiger partial charge in [0.2, 0.25) is 0 Å². The highest BCUT2D eigenvalue weighted by Gasteiger charge is 2.20. The number of hydrogen-bond acceptors (Lipinski definition) is 6. The number of phenols is 2. The molecule has 180 valence electrons. The van der Waals surface area contributed by atoms with Crippen molar-refractivity contribution in [3.05, 3.63) is 90.7 Å². The quantitative estimate of drug-likeness (QED) is 0.228. The molecule has 3 aromatic carbocycles. The fraction of sp³-hybridized carbons (Fsp3) is 0.120. The maximum atomic E-state index is 12.2. The number of carbonyl (C=O) groups excluding carboxylic acids is 1. The average Bonchev–Trinajstić information content (AvgIpc) is 2.84. The predicted octanol–water partition coefficient (Wildman–Crippen LogP) is 6.41. The number of ether oxygens (including phenoxy) is 1. The van der Waals surface area contributed by atoms with E-state index in [-0.39, 0.29) is 38.2 Å². The smallest absolute Gasteiger partial charge is 0.407 e. The summed E-state index contributed by atoms with van der Waals surface area (Å²) in [5.74, 6) is -0.509. The number of alkyl carbamates (subject to hydrolysis) is 1. The van der Waals surface area contributed by atoms with Crippen LogP contribution in [0, 0.1) is 0 Å². The lowest BCUT2D eigenvalue weighted by Crippen LogP contribution is -2.26. The van der Waals surface area contributed by atoms with E-state index >= 15 is 0 Å². The van der Waals surface area contributed by atoms with Crippen molar-refractivity contribution in [2.45, 2.75) is 13.0 Å². The van der Waals surface area contributed by atoms with Gasteiger partial charge in [0.05, 0.1) is 10.0 Å². The minimum atomic E-state index is -0.677. The molecule has 1 aromatic heterocycles. The topological polar surface area (TPSA) is 109 Å². The first-order valence-corrected chi connectivity index (χ1v) is 11.9. The normalized spacial score (nSPS) is 10.9. The lowest BCUT2D eigenvalue weighted by atomic mass is 10.00. The van der Waals surface area contributed by atoms with E-state index in [1.807, 2.05) is 30.3 Å². The van der Waals surface area contributed by atoms with E-state index in [1.165, 1.54) is 18.2 Å². The molecule has 0 spiro atoms. The summed E-state index contributed by atoms with van der Waals surface area (Å²) in [6, 6.07) is 15.3. The Morgan fingerprint density at radius 1 is 1.03 bits per heavy atom. The number of aromatic hydroxyl groups is 2. The van der Waals surface area contributed by atoms with Gasteiger partial charge in [-0.15, -0.1) is 0 Å². The number of carbonyl (C=O) groups is 1. The molecule has 1 amide bonds. The fourth-order valence-corrected chi connectivity index (χ4v) is 4.51. The van der Waals surface area contributed by atoms with Crippen molar-refractivity contribution in [3.63, 3.8) is 0 Å². The molecule has 0 unspecified atom stereocenters. The molecule has 7 nitrogen and oxygen atoms in total. The number of nitrogens with one attached hydrogen (secondary N) is 1. The third-order valence-electron chi connectivity index (χ3n) is 5.25. The highest BCUT2D eigenvalue weighted by molar-refractivity contribution is 9.10. The van der Waals surface area contributed by atoms with Gasteiger partial charge in [-0.25, -0.2) is 9.59 Å². The maximum absolute atomic E-state index is 12.2. The van der Waals surface area contributed by atoms with Crippen molar-refractivity contribution in [1.82, 2.24) is 5.32 Å². The van der Waals surface area contributed by atoms with Crippen LogP contribution in [0.2, 0.25) is 10.0 Å². The van der Waals surface area contributed by atoms with Crippen LogP contribution in [0.4, 0.5) is 4.79 Å². The molecule has 0 aliphatic rings. The molecule has 0 radical (unpaired) electrons. The molecule has 0 saturated heterocycles. The third kappa shape index (κ3) is 5.56. The standard InChI is InChI=1S/C25H18BrCl2NO6/c26-21-22(31)16(14-8-18(27)23(32)19(28)9-14)11-17-15(10-20(30)35-24(17)21)12-34-25(33)29-7-6-13-4-2-1-3-5-13/h1-5,8-11,31-32H,6-7,12H2,(H,29,33). The Labute approximate surface area is 218 Å². The number of phenolic OH excluding ortho intramolecular Hbond substituents is 2. The van der Waals surface area contributed by atoms with Gasteiger partial charge in [0.1, 0.15) is 16.8 Å². The van der Waals surface area contributed by atoms with Gasteiger partial charge < -0.3 is 24.7 Å². The van der Waals surface area contributed by atoms with Crippen LogP contribution < -0.4 is 10.9 Å². The summed E-state index contributed by atoms with van der Waals surface area (Å²) in [4.78, 5) is 24.3. The van der Waals surface area contributed by atoms with E-state index in [4.69, 9.17) is 32.4 Å². The molecule has 4 aromatic rings. The Kier molecular flexibility index (Phi) is 7.54. The highest BCUT2D eigenvalue weighted by atomic mass is 79.9. The zero-order chi connectivity index (χ0) is 25.1. The zero-order valence-electron chi connectivity index (χ0n) is 18.0. The highest BCUT2D eigenvalue weighted by Crippen LogP contribution is 2.44. The zero-order valence-corrected chi connectivity index (χ0v) is 21.1. The Morgan fingerprint density at radius 3 is 2.40 bits per heavy atom. The second kappa shape index (κ2) is 10.6. The van der Waals surface area contributed by atoms with Crippen LogP contribution in [0.5, 0.6) is 11.5 Å². The Bertz CT molecular complexity index is 1450. The SMILES string of the molecule is O=C(NCCc1ccccc1)OCc1cc(=O)oc2c(Br)c(O)c(-c3cc(Cl)c(O)c(Cl)c3)cc12. The molecular formula is C25H18BrCl2NO6. The largest absolute Gasteiger partial charge is 0.506 e. The summed E-state index contributed by atoms with van der Waals surface area (Å²) < 4.78 is 10.7. The molecule has 35 heavy (non-hydrogen) atoms. The summed E-state index contributed by atoms with van der Waals surface area (Å²) in [6.07, 6.45) is -0.00121. The molecule has 0 atom stereocenters. The van der Waals surface area contributed by atoms with Crippen molar-refractivity contribution in [2.75, 3.05) is 6.54 Å². The van der Waals surface area contributed by atoms with Crippen molar-refractivity contribution in [2.24, 2.45) is 0 Å². The van der Waals surface area contributed by atoms with E-state index in [0.29, 0.717) is 35.0 Å². The van der Waals surface area contributed by atoms with Crippen molar-refractivity contribution in [1.29, 1.82) is 0 Å². The van der Waals surface area contributed by atoms with Gasteiger partial charge in [-0.2, -0.15) is 0 Å². The Hall–Kier alpha value is -3.20. The van der Waals surface area contributed by atoms with Crippen LogP contribution in [0.15, 0.2) is 68.3 Å². The van der Waals surface area contributed by atoms with Crippen molar-refractivity contribution < 1.29 is 24.2 Å². The van der Waals surface area contributed by atoms with Gasteiger partial charge >= 0.3 is 11.7 Å². The van der Waals surface area contributed by atoms with Gasteiger partial charge in [-0.1, -0.05) is 53.5 Å². The van der Waals surface area contributed by atoms with Gasteiger partial charge in [0.25, 0.3) is 0 Å². The predicted molar refractivity (Wildman–Crippen MR) is 137 cm³/mol. The number of benzene rings is 3. The number of amides is 1. The van der Waals surface area contributed by atoms with Gasteiger partial charge in [-0.3, -0.25) is 0 Å². The molecule has 0 aliphatic carbocycles. The summed E-state index contributed by atoms with van der Waals surface area (Å²) in [5.41, 5.74) is 1.56. The number of rotatable bonds is 6. The number of halogens is 3. The van der Waals surface area contributed by atoms with E-state index in [9.17, 15) is 19.8 Å². The van der Waals surface area contributed by atoms with Crippen LogP contribution in [0.3, 0.4) is 0 Å². The maximum Gasteiger partial charge on any atom is 0.407 e. The second-order valence-electron chi connectivity index (χ2n) is 7.58. The Morgan fingerprint density at radius 2 is 1.71 bits per heavy atom. The lowest BCUT2D eigenvalue weighted by Gasteiger charge is -2.13. The summed E-state index contributed by atoms with van der Waals surface area (Å²) in [6.45, 7) is 0.166. The fourth-order valence-electron chi connectivity index (χ4n) is 3.52. The summed E-state index contributed by atoms with van der Waals surface area (Å²) in [5, 5.41) is 23.7. The van der Waals surface area contributed by atoms with Gasteiger partial charge in [0.15, 0.2) is 11.3 Å². The van der Waals surface area contributed by atoms with Gasteiger partial charge in [0, 0.05) is 29.1 Å². The monoisotopic (exact) mass is 577 g/mol. The minimum Gasteiger partial charge on any atom is -0.506 e. The van der Waals surface area contributed by atoms with Crippen LogP contribution in [-0.2, 0) is 17.8 Å². The van der Waals surface area contributed by atoms with Crippen molar-refractivity contribution in [3.8, 4) is 22.6 Å². The summed E-state index contributed by atoms with van der Waals surface area (Å²) in [7, 11) is 0. The molecule has 0 aliphatic heterocycles. The first kappa shape index (κ1) is 24.9. The minimum absolute atomic E-state index is 0.00144. The van der Waals surface area contributed by atoms with Crippen LogP contribution in [0.25, 0.3) is 22.1 Å². The first-order chi connectivity index (χ1) is 16.7. The molecule has 10 heteroatoms. The molecule has 0 fully saturated rings. The molecule has 0 saturated carbocycles. The van der Waals surface area contributed by atoms with E-state index in [1.54, 1.807) is 6.07 Å². The van der Waals surface area contributed by atoms with E-state index < -0.39 is 11.7 Å². The Balaban J connectivity index is 1.60. The van der Waals surface area contributed by atoms with Crippen LogP contribution in [-0.4, -0.2) is 22.9 Å². The number of hydrogen-bond donors (Lipinski definition) is 3. The summed E-state index contributed by atoms with van der Waals surface area (Å²) >= 11 is 15.4. The van der Waals surface area contributed by atoms with Crippen LogP contribution in [0.1, 0.15) is 11.1 Å². The van der Waals surface area contributed by atoms with Crippen molar-refractivity contribution >= 4 is 56.2 Å². The molecular weight excluding hydrogens is 561 g/mol.